The van der Waals surface area contributed by atoms with Crippen molar-refractivity contribution >= 4 is 53.4 Å². The zero-order valence-electron chi connectivity index (χ0n) is 16.7. The van der Waals surface area contributed by atoms with Gasteiger partial charge in [-0.25, -0.2) is 0 Å². The lowest BCUT2D eigenvalue weighted by atomic mass is 9.96. The fourth-order valence-electron chi connectivity index (χ4n) is 4.36. The Balaban J connectivity index is 1.22. The average molecular weight is 540 g/mol. The summed E-state index contributed by atoms with van der Waals surface area (Å²) in [5, 5.41) is 4.80. The van der Waals surface area contributed by atoms with Crippen molar-refractivity contribution in [2.24, 2.45) is 0 Å². The summed E-state index contributed by atoms with van der Waals surface area (Å²) in [5.74, 6) is 0. The maximum atomic E-state index is 6.24. The van der Waals surface area contributed by atoms with Crippen molar-refractivity contribution in [3.63, 3.8) is 0 Å². The number of hydrogen-bond donors (Lipinski definition) is 0. The molecule has 0 spiro atoms. The predicted octanol–water partition coefficient (Wildman–Crippen LogP) is 6.69. The van der Waals surface area contributed by atoms with Crippen LogP contribution in [-0.4, -0.2) is 26.4 Å². The topological polar surface area (TPSA) is 34.3 Å². The van der Waals surface area contributed by atoms with E-state index in [4.69, 9.17) is 14.2 Å². The van der Waals surface area contributed by atoms with Crippen LogP contribution in [0.1, 0.15) is 11.1 Å². The Labute approximate surface area is 197 Å². The lowest BCUT2D eigenvalue weighted by molar-refractivity contribution is 0.0400. The fourth-order valence-corrected chi connectivity index (χ4v) is 6.07. The molecule has 4 aromatic rings. The largest absolute Gasteiger partial charge is 0.375 e. The molecule has 2 atom stereocenters. The number of benzene rings is 4. The van der Waals surface area contributed by atoms with Crippen molar-refractivity contribution in [3.8, 4) is 0 Å². The van der Waals surface area contributed by atoms with Crippen LogP contribution in [0.4, 0.5) is 0 Å². The Morgan fingerprint density at radius 1 is 0.645 bits per heavy atom. The molecule has 2 heterocycles. The van der Waals surface area contributed by atoms with E-state index in [0.717, 1.165) is 20.1 Å². The van der Waals surface area contributed by atoms with Crippen molar-refractivity contribution in [1.82, 2.24) is 0 Å². The van der Waals surface area contributed by atoms with Gasteiger partial charge in [-0.2, -0.15) is 0 Å². The van der Waals surface area contributed by atoms with Gasteiger partial charge in [0.25, 0.3) is 0 Å². The van der Waals surface area contributed by atoms with Crippen molar-refractivity contribution < 1.29 is 14.2 Å². The van der Waals surface area contributed by atoms with Crippen LogP contribution in [0, 0.1) is 0 Å². The van der Waals surface area contributed by atoms with Gasteiger partial charge in [0.15, 0.2) is 0 Å². The second-order valence-corrected chi connectivity index (χ2v) is 9.94. The summed E-state index contributed by atoms with van der Waals surface area (Å²) in [6.45, 7) is 2.33. The lowest BCUT2D eigenvalue weighted by Crippen LogP contribution is -2.24. The van der Waals surface area contributed by atoms with E-state index in [9.17, 15) is 0 Å². The van der Waals surface area contributed by atoms with E-state index in [2.05, 4.69) is 105 Å². The first-order chi connectivity index (χ1) is 15.1. The van der Waals surface area contributed by atoms with Gasteiger partial charge < -0.3 is 14.2 Å². The standard InChI is InChI=1S/C26H20Br2O3/c27-23-19-7-3-1-5-17(19)9-11-21(23)25(15-30-25)13-29-14-26(16-31-26)22-12-10-18-6-2-4-8-20(18)24(22)28/h1-12H,13-16H2. The maximum Gasteiger partial charge on any atom is 0.141 e. The summed E-state index contributed by atoms with van der Waals surface area (Å²) in [5.41, 5.74) is 1.51. The molecular formula is C26H20Br2O3. The number of halogens is 2. The van der Waals surface area contributed by atoms with Gasteiger partial charge in [-0.05, 0) is 53.4 Å². The molecule has 0 amide bonds. The Bertz CT molecular complexity index is 1210. The molecule has 2 saturated heterocycles. The first kappa shape index (κ1) is 19.9. The van der Waals surface area contributed by atoms with E-state index in [-0.39, 0.29) is 11.2 Å². The highest BCUT2D eigenvalue weighted by molar-refractivity contribution is 9.11. The number of fused-ring (bicyclic) bond motifs is 2. The van der Waals surface area contributed by atoms with Crippen molar-refractivity contribution in [1.29, 1.82) is 0 Å². The highest BCUT2D eigenvalue weighted by Gasteiger charge is 2.52. The van der Waals surface area contributed by atoms with E-state index in [1.165, 1.54) is 21.5 Å². The van der Waals surface area contributed by atoms with E-state index < -0.39 is 0 Å². The Morgan fingerprint density at radius 2 is 1.06 bits per heavy atom. The van der Waals surface area contributed by atoms with Gasteiger partial charge in [0.1, 0.15) is 11.2 Å². The van der Waals surface area contributed by atoms with Gasteiger partial charge in [0.05, 0.1) is 26.4 Å². The van der Waals surface area contributed by atoms with Crippen LogP contribution < -0.4 is 0 Å². The molecule has 0 N–H and O–H groups in total. The number of hydrogen-bond acceptors (Lipinski definition) is 3. The van der Waals surface area contributed by atoms with Crippen molar-refractivity contribution in [3.05, 3.63) is 92.9 Å². The second kappa shape index (κ2) is 7.39. The third-order valence-corrected chi connectivity index (χ3v) is 8.07. The molecule has 5 heteroatoms. The Kier molecular flexibility index (Phi) is 4.74. The summed E-state index contributed by atoms with van der Waals surface area (Å²) >= 11 is 7.61. The van der Waals surface area contributed by atoms with Gasteiger partial charge in [0, 0.05) is 20.1 Å². The highest BCUT2D eigenvalue weighted by atomic mass is 79.9. The Hall–Kier alpha value is -1.76. The first-order valence-corrected chi connectivity index (χ1v) is 11.9. The molecular weight excluding hydrogens is 520 g/mol. The molecule has 0 bridgehead atoms. The maximum absolute atomic E-state index is 6.24. The minimum atomic E-state index is -0.389. The average Bonchev–Trinajstić information content (AvgIpc) is 3.72. The first-order valence-electron chi connectivity index (χ1n) is 10.3. The fraction of sp³-hybridized carbons (Fsp3) is 0.231. The van der Waals surface area contributed by atoms with Gasteiger partial charge in [0.2, 0.25) is 0 Å². The van der Waals surface area contributed by atoms with E-state index in [1.807, 2.05) is 0 Å². The quantitative estimate of drug-likeness (QED) is 0.256. The van der Waals surface area contributed by atoms with Crippen LogP contribution in [0.3, 0.4) is 0 Å². The van der Waals surface area contributed by atoms with Crippen LogP contribution >= 0.6 is 31.9 Å². The zero-order valence-corrected chi connectivity index (χ0v) is 19.9. The summed E-state index contributed by atoms with van der Waals surface area (Å²) < 4.78 is 20.3. The smallest absolute Gasteiger partial charge is 0.141 e. The van der Waals surface area contributed by atoms with Gasteiger partial charge in [-0.15, -0.1) is 0 Å². The molecule has 0 saturated carbocycles. The van der Waals surface area contributed by atoms with Crippen molar-refractivity contribution in [2.75, 3.05) is 26.4 Å². The summed E-state index contributed by atoms with van der Waals surface area (Å²) in [6, 6.07) is 25.3. The van der Waals surface area contributed by atoms with Gasteiger partial charge in [-0.3, -0.25) is 0 Å². The third-order valence-electron chi connectivity index (χ3n) is 6.36. The number of rotatable bonds is 6. The summed E-state index contributed by atoms with van der Waals surface area (Å²) in [6.07, 6.45) is 0. The second-order valence-electron chi connectivity index (χ2n) is 8.36. The zero-order chi connectivity index (χ0) is 21.1. The van der Waals surface area contributed by atoms with Crippen LogP contribution in [0.2, 0.25) is 0 Å². The molecule has 3 nitrogen and oxygen atoms in total. The molecule has 156 valence electrons. The molecule has 2 fully saturated rings. The molecule has 2 unspecified atom stereocenters. The minimum Gasteiger partial charge on any atom is -0.375 e. The van der Waals surface area contributed by atoms with Crippen LogP contribution in [0.15, 0.2) is 81.7 Å². The van der Waals surface area contributed by atoms with Crippen molar-refractivity contribution in [2.45, 2.75) is 11.2 Å². The third kappa shape index (κ3) is 3.35. The summed E-state index contributed by atoms with van der Waals surface area (Å²) in [7, 11) is 0. The van der Waals surface area contributed by atoms with Gasteiger partial charge >= 0.3 is 0 Å². The molecule has 0 aromatic heterocycles. The molecule has 2 aliphatic heterocycles. The van der Waals surface area contributed by atoms with Crippen LogP contribution in [0.25, 0.3) is 21.5 Å². The normalized spacial score (nSPS) is 24.6. The molecule has 4 aromatic carbocycles. The molecule has 2 aliphatic rings. The minimum absolute atomic E-state index is 0.389. The Morgan fingerprint density at radius 3 is 1.48 bits per heavy atom. The van der Waals surface area contributed by atoms with Crippen LogP contribution in [-0.2, 0) is 25.4 Å². The lowest BCUT2D eigenvalue weighted by Gasteiger charge is -2.19. The monoisotopic (exact) mass is 538 g/mol. The summed E-state index contributed by atoms with van der Waals surface area (Å²) in [4.78, 5) is 0. The molecule has 0 radical (unpaired) electrons. The number of epoxide rings is 2. The van der Waals surface area contributed by atoms with E-state index in [1.54, 1.807) is 0 Å². The van der Waals surface area contributed by atoms with Gasteiger partial charge in [-0.1, -0.05) is 72.8 Å². The van der Waals surface area contributed by atoms with Crippen LogP contribution in [0.5, 0.6) is 0 Å². The molecule has 31 heavy (non-hydrogen) atoms. The van der Waals surface area contributed by atoms with E-state index >= 15 is 0 Å². The predicted molar refractivity (Wildman–Crippen MR) is 129 cm³/mol. The highest BCUT2D eigenvalue weighted by Crippen LogP contribution is 2.47. The molecule has 0 aliphatic carbocycles. The molecule has 6 rings (SSSR count). The van der Waals surface area contributed by atoms with E-state index in [0.29, 0.717) is 26.4 Å². The SMILES string of the molecule is Brc1c(C2(COCC3(c4ccc5ccccc5c4Br)CO3)CO2)ccc2ccccc12. The number of ether oxygens (including phenoxy) is 3.